The average molecular weight is 180 g/mol. The van der Waals surface area contributed by atoms with Crippen molar-refractivity contribution in [2.24, 2.45) is 0 Å². The summed E-state index contributed by atoms with van der Waals surface area (Å²) in [6.45, 7) is 5.24. The molecule has 0 aromatic heterocycles. The van der Waals surface area contributed by atoms with Crippen molar-refractivity contribution in [2.75, 3.05) is 6.61 Å². The summed E-state index contributed by atoms with van der Waals surface area (Å²) in [6.07, 6.45) is 0. The largest absolute Gasteiger partial charge is 0.389 e. The van der Waals surface area contributed by atoms with E-state index in [-0.39, 0.29) is 12.4 Å². The van der Waals surface area contributed by atoms with Crippen LogP contribution < -0.4 is 0 Å². The SMILES string of the molecule is CC(=O)CO.Cc1ccccc1C. The van der Waals surface area contributed by atoms with E-state index in [1.807, 2.05) is 0 Å². The van der Waals surface area contributed by atoms with Crippen LogP contribution in [0.15, 0.2) is 24.3 Å². The fourth-order valence-corrected chi connectivity index (χ4v) is 0.663. The van der Waals surface area contributed by atoms with Crippen molar-refractivity contribution in [3.8, 4) is 0 Å². The van der Waals surface area contributed by atoms with E-state index in [4.69, 9.17) is 5.11 Å². The van der Waals surface area contributed by atoms with Crippen LogP contribution in [0.3, 0.4) is 0 Å². The Morgan fingerprint density at radius 2 is 1.54 bits per heavy atom. The Kier molecular flexibility index (Phi) is 5.81. The summed E-state index contributed by atoms with van der Waals surface area (Å²) in [5.41, 5.74) is 2.74. The highest BCUT2D eigenvalue weighted by atomic mass is 16.3. The maximum atomic E-state index is 9.56. The number of benzene rings is 1. The number of rotatable bonds is 1. The molecule has 0 atom stereocenters. The summed E-state index contributed by atoms with van der Waals surface area (Å²) in [6, 6.07) is 8.36. The van der Waals surface area contributed by atoms with Crippen LogP contribution in [-0.4, -0.2) is 17.5 Å². The Morgan fingerprint density at radius 3 is 1.69 bits per heavy atom. The predicted octanol–water partition coefficient (Wildman–Crippen LogP) is 1.87. The zero-order chi connectivity index (χ0) is 10.3. The highest BCUT2D eigenvalue weighted by Gasteiger charge is 1.83. The van der Waals surface area contributed by atoms with Crippen LogP contribution in [0.4, 0.5) is 0 Å². The number of aryl methyl sites for hydroxylation is 2. The highest BCUT2D eigenvalue weighted by Crippen LogP contribution is 2.02. The molecule has 0 amide bonds. The van der Waals surface area contributed by atoms with Crippen LogP contribution >= 0.6 is 0 Å². The minimum atomic E-state index is -0.333. The number of Topliss-reactive ketones (excluding diaryl/α,β-unsaturated/α-hetero) is 1. The Bertz CT molecular complexity index is 246. The van der Waals surface area contributed by atoms with Crippen LogP contribution in [0, 0.1) is 13.8 Å². The zero-order valence-electron chi connectivity index (χ0n) is 8.37. The average Bonchev–Trinajstić information content (AvgIpc) is 2.11. The van der Waals surface area contributed by atoms with Crippen molar-refractivity contribution in [1.82, 2.24) is 0 Å². The van der Waals surface area contributed by atoms with Crippen LogP contribution in [0.1, 0.15) is 18.1 Å². The normalized spacial score (nSPS) is 8.62. The number of aliphatic hydroxyl groups excluding tert-OH is 1. The Morgan fingerprint density at radius 1 is 1.23 bits per heavy atom. The first-order chi connectivity index (χ1) is 6.07. The van der Waals surface area contributed by atoms with Crippen LogP contribution in [0.5, 0.6) is 0 Å². The lowest BCUT2D eigenvalue weighted by molar-refractivity contribution is -0.119. The predicted molar refractivity (Wildman–Crippen MR) is 53.7 cm³/mol. The molecule has 0 unspecified atom stereocenters. The molecule has 0 heterocycles. The standard InChI is InChI=1S/C8H10.C3H6O2/c1-7-5-3-4-6-8(7)2;1-3(5)2-4/h3-6H,1-2H3;4H,2H2,1H3. The van der Waals surface area contributed by atoms with Gasteiger partial charge >= 0.3 is 0 Å². The molecule has 0 saturated carbocycles. The molecule has 0 aliphatic heterocycles. The molecule has 0 fully saturated rings. The molecule has 1 rings (SSSR count). The summed E-state index contributed by atoms with van der Waals surface area (Å²) in [5, 5.41) is 7.79. The van der Waals surface area contributed by atoms with Gasteiger partial charge in [-0.25, -0.2) is 0 Å². The molecule has 0 aliphatic rings. The van der Waals surface area contributed by atoms with E-state index in [0.717, 1.165) is 0 Å². The Labute approximate surface area is 79.2 Å². The Hall–Kier alpha value is -1.15. The van der Waals surface area contributed by atoms with Gasteiger partial charge in [-0.15, -0.1) is 0 Å². The third-order valence-electron chi connectivity index (χ3n) is 1.65. The second-order valence-corrected chi connectivity index (χ2v) is 2.94. The molecular formula is C11H16O2. The number of hydrogen-bond donors (Lipinski definition) is 1. The quantitative estimate of drug-likeness (QED) is 0.716. The number of carbonyl (C=O) groups excluding carboxylic acids is 1. The van der Waals surface area contributed by atoms with Gasteiger partial charge in [0.15, 0.2) is 5.78 Å². The molecule has 1 N–H and O–H groups in total. The summed E-state index contributed by atoms with van der Waals surface area (Å²) in [7, 11) is 0. The summed E-state index contributed by atoms with van der Waals surface area (Å²) >= 11 is 0. The van der Waals surface area contributed by atoms with Gasteiger partial charge in [-0.1, -0.05) is 24.3 Å². The summed E-state index contributed by atoms with van der Waals surface area (Å²) in [5.74, 6) is -0.190. The molecule has 13 heavy (non-hydrogen) atoms. The first kappa shape index (κ1) is 11.8. The molecular weight excluding hydrogens is 164 g/mol. The monoisotopic (exact) mass is 180 g/mol. The van der Waals surface area contributed by atoms with E-state index in [2.05, 4.69) is 38.1 Å². The maximum Gasteiger partial charge on any atom is 0.155 e. The van der Waals surface area contributed by atoms with Gasteiger partial charge in [-0.3, -0.25) is 4.79 Å². The van der Waals surface area contributed by atoms with Crippen molar-refractivity contribution in [3.63, 3.8) is 0 Å². The van der Waals surface area contributed by atoms with Gasteiger partial charge in [0.05, 0.1) is 0 Å². The topological polar surface area (TPSA) is 37.3 Å². The molecule has 2 heteroatoms. The molecule has 1 aromatic carbocycles. The molecule has 0 bridgehead atoms. The second-order valence-electron chi connectivity index (χ2n) is 2.94. The van der Waals surface area contributed by atoms with Crippen molar-refractivity contribution in [2.45, 2.75) is 20.8 Å². The van der Waals surface area contributed by atoms with Crippen molar-refractivity contribution < 1.29 is 9.90 Å². The van der Waals surface area contributed by atoms with Gasteiger partial charge in [0.25, 0.3) is 0 Å². The van der Waals surface area contributed by atoms with E-state index in [1.165, 1.54) is 18.1 Å². The molecule has 1 aromatic rings. The lowest BCUT2D eigenvalue weighted by Crippen LogP contribution is -1.93. The molecule has 0 radical (unpaired) electrons. The lowest BCUT2D eigenvalue weighted by Gasteiger charge is -1.93. The van der Waals surface area contributed by atoms with Crippen LogP contribution in [0.2, 0.25) is 0 Å². The third kappa shape index (κ3) is 6.05. The fraction of sp³-hybridized carbons (Fsp3) is 0.364. The maximum absolute atomic E-state index is 9.56. The van der Waals surface area contributed by atoms with Crippen LogP contribution in [-0.2, 0) is 4.79 Å². The summed E-state index contributed by atoms with van der Waals surface area (Å²) < 4.78 is 0. The Balaban J connectivity index is 0.000000252. The minimum Gasteiger partial charge on any atom is -0.389 e. The van der Waals surface area contributed by atoms with E-state index >= 15 is 0 Å². The first-order valence-corrected chi connectivity index (χ1v) is 4.20. The first-order valence-electron chi connectivity index (χ1n) is 4.20. The lowest BCUT2D eigenvalue weighted by atomic mass is 10.1. The van der Waals surface area contributed by atoms with Crippen LogP contribution in [0.25, 0.3) is 0 Å². The van der Waals surface area contributed by atoms with Gasteiger partial charge in [-0.05, 0) is 31.9 Å². The molecule has 72 valence electrons. The zero-order valence-corrected chi connectivity index (χ0v) is 8.37. The highest BCUT2D eigenvalue weighted by molar-refractivity contribution is 5.76. The van der Waals surface area contributed by atoms with Gasteiger partial charge < -0.3 is 5.11 Å². The van der Waals surface area contributed by atoms with Gasteiger partial charge in [0, 0.05) is 0 Å². The van der Waals surface area contributed by atoms with E-state index < -0.39 is 0 Å². The minimum absolute atomic E-state index is 0.190. The third-order valence-corrected chi connectivity index (χ3v) is 1.65. The molecule has 0 saturated heterocycles. The number of aliphatic hydroxyl groups is 1. The smallest absolute Gasteiger partial charge is 0.155 e. The van der Waals surface area contributed by atoms with Crippen molar-refractivity contribution in [3.05, 3.63) is 35.4 Å². The number of hydrogen-bond acceptors (Lipinski definition) is 2. The second kappa shape index (κ2) is 6.38. The van der Waals surface area contributed by atoms with Crippen molar-refractivity contribution >= 4 is 5.78 Å². The van der Waals surface area contributed by atoms with Gasteiger partial charge in [-0.2, -0.15) is 0 Å². The van der Waals surface area contributed by atoms with Gasteiger partial charge in [0.2, 0.25) is 0 Å². The van der Waals surface area contributed by atoms with E-state index in [1.54, 1.807) is 0 Å². The van der Waals surface area contributed by atoms with E-state index in [9.17, 15) is 4.79 Å². The molecule has 0 spiro atoms. The van der Waals surface area contributed by atoms with Gasteiger partial charge in [0.1, 0.15) is 6.61 Å². The summed E-state index contributed by atoms with van der Waals surface area (Å²) in [4.78, 5) is 9.56. The number of carbonyl (C=O) groups is 1. The molecule has 0 aliphatic carbocycles. The van der Waals surface area contributed by atoms with E-state index in [0.29, 0.717) is 0 Å². The number of ketones is 1. The van der Waals surface area contributed by atoms with Crippen molar-refractivity contribution in [1.29, 1.82) is 0 Å². The molecule has 2 nitrogen and oxygen atoms in total. The fourth-order valence-electron chi connectivity index (χ4n) is 0.663.